The predicted molar refractivity (Wildman–Crippen MR) is 118 cm³/mol. The number of ether oxygens (including phenoxy) is 2. The van der Waals surface area contributed by atoms with Crippen LogP contribution in [0.25, 0.3) is 0 Å². The Morgan fingerprint density at radius 3 is 2.48 bits per heavy atom. The van der Waals surface area contributed by atoms with Gasteiger partial charge in [-0.15, -0.1) is 0 Å². The van der Waals surface area contributed by atoms with Crippen molar-refractivity contribution >= 4 is 23.5 Å². The van der Waals surface area contributed by atoms with Crippen LogP contribution in [0, 0.1) is 0 Å². The van der Waals surface area contributed by atoms with E-state index in [2.05, 4.69) is 5.32 Å². The Morgan fingerprint density at radius 1 is 1.19 bits per heavy atom. The van der Waals surface area contributed by atoms with Crippen LogP contribution in [-0.4, -0.2) is 29.1 Å². The minimum Gasteiger partial charge on any atom is -0.493 e. The molecule has 0 saturated carbocycles. The second kappa shape index (κ2) is 9.71. The summed E-state index contributed by atoms with van der Waals surface area (Å²) < 4.78 is 12.3. The number of rotatable bonds is 7. The number of carbonyl (C=O) groups excluding carboxylic acids is 1. The molecule has 0 aliphatic carbocycles. The fourth-order valence-corrected chi connectivity index (χ4v) is 4.33. The Bertz CT molecular complexity index is 945. The molecule has 3 atom stereocenters. The summed E-state index contributed by atoms with van der Waals surface area (Å²) in [6.45, 7) is 5.89. The molecular formula is C24H28ClNO5. The Balaban J connectivity index is 2.01. The van der Waals surface area contributed by atoms with Crippen molar-refractivity contribution in [1.82, 2.24) is 5.32 Å². The van der Waals surface area contributed by atoms with Crippen molar-refractivity contribution in [2.75, 3.05) is 6.61 Å². The van der Waals surface area contributed by atoms with Gasteiger partial charge in [0.1, 0.15) is 5.75 Å². The van der Waals surface area contributed by atoms with Gasteiger partial charge in [-0.1, -0.05) is 29.8 Å². The number of carboxylic acid groups (broad SMARTS) is 1. The van der Waals surface area contributed by atoms with Crippen LogP contribution in [0.15, 0.2) is 42.5 Å². The summed E-state index contributed by atoms with van der Waals surface area (Å²) in [6.07, 6.45) is 0.388. The van der Waals surface area contributed by atoms with Gasteiger partial charge in [-0.05, 0) is 49.2 Å². The topological polar surface area (TPSA) is 84.9 Å². The molecule has 2 aromatic rings. The van der Waals surface area contributed by atoms with Crippen LogP contribution in [0.2, 0.25) is 5.02 Å². The van der Waals surface area contributed by atoms with E-state index in [0.29, 0.717) is 35.8 Å². The van der Waals surface area contributed by atoms with E-state index >= 15 is 0 Å². The summed E-state index contributed by atoms with van der Waals surface area (Å²) in [7, 11) is 0. The lowest BCUT2D eigenvalue weighted by atomic mass is 9.81. The first-order valence-electron chi connectivity index (χ1n) is 10.4. The van der Waals surface area contributed by atoms with E-state index in [1.54, 1.807) is 12.1 Å². The number of aliphatic carboxylic acids is 1. The molecule has 6 nitrogen and oxygen atoms in total. The number of nitrogens with one attached hydrogen (secondary N) is 1. The van der Waals surface area contributed by atoms with Gasteiger partial charge in [-0.2, -0.15) is 0 Å². The maximum Gasteiger partial charge on any atom is 0.307 e. The molecule has 2 N–H and O–H groups in total. The van der Waals surface area contributed by atoms with E-state index in [9.17, 15) is 14.7 Å². The SMILES string of the molecule is CCOc1ccc(CC(=O)O)cc1[C@H]1C[C@@](C)(NC(C)=O)C[C@@H](c2ccc(Cl)cc2)O1. The van der Waals surface area contributed by atoms with Gasteiger partial charge in [-0.3, -0.25) is 9.59 Å². The molecule has 1 aliphatic heterocycles. The van der Waals surface area contributed by atoms with Gasteiger partial charge in [-0.25, -0.2) is 0 Å². The summed E-state index contributed by atoms with van der Waals surface area (Å²) in [4.78, 5) is 23.2. The van der Waals surface area contributed by atoms with Crippen molar-refractivity contribution in [3.05, 3.63) is 64.2 Å². The lowest BCUT2D eigenvalue weighted by Crippen LogP contribution is -2.50. The molecule has 1 saturated heterocycles. The third kappa shape index (κ3) is 5.99. The highest BCUT2D eigenvalue weighted by molar-refractivity contribution is 6.30. The molecule has 31 heavy (non-hydrogen) atoms. The molecule has 1 aliphatic rings. The summed E-state index contributed by atoms with van der Waals surface area (Å²) in [6, 6.07) is 12.9. The highest BCUT2D eigenvalue weighted by Crippen LogP contribution is 2.46. The molecule has 0 radical (unpaired) electrons. The molecule has 0 spiro atoms. The third-order valence-corrected chi connectivity index (χ3v) is 5.65. The fourth-order valence-electron chi connectivity index (χ4n) is 4.20. The maximum atomic E-state index is 11.9. The van der Waals surface area contributed by atoms with Crippen LogP contribution in [0.4, 0.5) is 0 Å². The average Bonchev–Trinajstić information content (AvgIpc) is 2.68. The molecule has 7 heteroatoms. The van der Waals surface area contributed by atoms with E-state index in [4.69, 9.17) is 21.1 Å². The average molecular weight is 446 g/mol. The molecule has 0 unspecified atom stereocenters. The number of benzene rings is 2. The molecule has 166 valence electrons. The predicted octanol–water partition coefficient (Wildman–Crippen LogP) is 4.85. The van der Waals surface area contributed by atoms with E-state index in [1.165, 1.54) is 6.92 Å². The zero-order chi connectivity index (χ0) is 22.6. The number of carboxylic acids is 1. The first-order valence-corrected chi connectivity index (χ1v) is 10.7. The van der Waals surface area contributed by atoms with Gasteiger partial charge in [0.15, 0.2) is 0 Å². The van der Waals surface area contributed by atoms with Crippen molar-refractivity contribution in [3.8, 4) is 5.75 Å². The van der Waals surface area contributed by atoms with Gasteiger partial charge in [0.25, 0.3) is 0 Å². The Kier molecular flexibility index (Phi) is 7.23. The van der Waals surface area contributed by atoms with Crippen molar-refractivity contribution < 1.29 is 24.2 Å². The van der Waals surface area contributed by atoms with Crippen LogP contribution in [0.1, 0.15) is 62.5 Å². The van der Waals surface area contributed by atoms with Crippen molar-refractivity contribution in [2.24, 2.45) is 0 Å². The highest BCUT2D eigenvalue weighted by Gasteiger charge is 2.40. The summed E-state index contributed by atoms with van der Waals surface area (Å²) in [5, 5.41) is 12.9. The van der Waals surface area contributed by atoms with Gasteiger partial charge >= 0.3 is 5.97 Å². The largest absolute Gasteiger partial charge is 0.493 e. The first kappa shape index (κ1) is 23.1. The minimum atomic E-state index is -0.901. The summed E-state index contributed by atoms with van der Waals surface area (Å²) in [5.74, 6) is -0.354. The van der Waals surface area contributed by atoms with Gasteiger partial charge in [0, 0.05) is 35.9 Å². The maximum absolute atomic E-state index is 11.9. The smallest absolute Gasteiger partial charge is 0.307 e. The van der Waals surface area contributed by atoms with E-state index in [-0.39, 0.29) is 24.5 Å². The Labute approximate surface area is 187 Å². The number of carbonyl (C=O) groups is 2. The Hall–Kier alpha value is -2.57. The van der Waals surface area contributed by atoms with Crippen molar-refractivity contribution in [1.29, 1.82) is 0 Å². The summed E-state index contributed by atoms with van der Waals surface area (Å²) in [5.41, 5.74) is 1.91. The lowest BCUT2D eigenvalue weighted by Gasteiger charge is -2.43. The van der Waals surface area contributed by atoms with Gasteiger partial charge in [0.2, 0.25) is 5.91 Å². The van der Waals surface area contributed by atoms with Crippen LogP contribution in [-0.2, 0) is 20.7 Å². The van der Waals surface area contributed by atoms with E-state index in [1.807, 2.05) is 44.2 Å². The fraction of sp³-hybridized carbons (Fsp3) is 0.417. The second-order valence-corrected chi connectivity index (χ2v) is 8.63. The molecule has 1 heterocycles. The number of hydrogen-bond acceptors (Lipinski definition) is 4. The van der Waals surface area contributed by atoms with Crippen LogP contribution >= 0.6 is 11.6 Å². The van der Waals surface area contributed by atoms with Gasteiger partial charge in [0.05, 0.1) is 25.2 Å². The van der Waals surface area contributed by atoms with Gasteiger partial charge < -0.3 is 19.9 Å². The molecule has 2 aromatic carbocycles. The monoisotopic (exact) mass is 445 g/mol. The molecule has 1 amide bonds. The molecule has 3 rings (SSSR count). The third-order valence-electron chi connectivity index (χ3n) is 5.40. The first-order chi connectivity index (χ1) is 14.7. The van der Waals surface area contributed by atoms with E-state index < -0.39 is 11.5 Å². The number of hydrogen-bond donors (Lipinski definition) is 2. The zero-order valence-electron chi connectivity index (χ0n) is 18.0. The molecule has 0 bridgehead atoms. The number of amides is 1. The highest BCUT2D eigenvalue weighted by atomic mass is 35.5. The molecule has 0 aromatic heterocycles. The second-order valence-electron chi connectivity index (χ2n) is 8.19. The standard InChI is InChI=1S/C24H28ClNO5/c1-4-30-20-10-5-16(12-23(28)29)11-19(20)22-14-24(3,26-15(2)27)13-21(31-22)17-6-8-18(25)9-7-17/h5-11,21-22H,4,12-14H2,1-3H3,(H,26,27)(H,28,29)/t21-,22+,24-/m0/s1. The summed E-state index contributed by atoms with van der Waals surface area (Å²) >= 11 is 6.05. The van der Waals surface area contributed by atoms with Crippen LogP contribution < -0.4 is 10.1 Å². The minimum absolute atomic E-state index is 0.0876. The van der Waals surface area contributed by atoms with Crippen molar-refractivity contribution in [3.63, 3.8) is 0 Å². The van der Waals surface area contributed by atoms with Crippen molar-refractivity contribution in [2.45, 2.75) is 57.8 Å². The van der Waals surface area contributed by atoms with Crippen LogP contribution in [0.5, 0.6) is 5.75 Å². The van der Waals surface area contributed by atoms with Crippen LogP contribution in [0.3, 0.4) is 0 Å². The quantitative estimate of drug-likeness (QED) is 0.636. The normalized spacial score (nSPS) is 23.2. The van der Waals surface area contributed by atoms with E-state index in [0.717, 1.165) is 11.1 Å². The molecule has 1 fully saturated rings. The zero-order valence-corrected chi connectivity index (χ0v) is 18.7. The lowest BCUT2D eigenvalue weighted by molar-refractivity contribution is -0.136. The molecular weight excluding hydrogens is 418 g/mol. The number of halogens is 1. The Morgan fingerprint density at radius 2 is 1.87 bits per heavy atom.